The van der Waals surface area contributed by atoms with Crippen molar-refractivity contribution in [1.29, 1.82) is 0 Å². The minimum Gasteiger partial charge on any atom is -0.497 e. The number of anilines is 1. The van der Waals surface area contributed by atoms with Crippen molar-refractivity contribution in [1.82, 2.24) is 0 Å². The number of hydrogen-bond donors (Lipinski definition) is 0. The fourth-order valence-electron chi connectivity index (χ4n) is 4.27. The predicted octanol–water partition coefficient (Wildman–Crippen LogP) is 7.49. The zero-order valence-corrected chi connectivity index (χ0v) is 23.9. The maximum absolute atomic E-state index is 13.6. The van der Waals surface area contributed by atoms with Gasteiger partial charge in [-0.05, 0) is 84.9 Å². The number of amidine groups is 1. The van der Waals surface area contributed by atoms with Crippen LogP contribution in [0, 0.1) is 0 Å². The van der Waals surface area contributed by atoms with Gasteiger partial charge in [0.15, 0.2) is 16.7 Å². The molecule has 1 heterocycles. The van der Waals surface area contributed by atoms with E-state index in [2.05, 4.69) is 0 Å². The molecule has 0 N–H and O–H groups in total. The standard InChI is InChI=1S/C33H30N2O5S/c1-4-39-30-19-23(15-17-29(30)40-22-24-21-27(37-2)16-18-28(24)38-3)20-31-32(36)35(26-13-9-6-10-14-26)33(41-31)34-25-11-7-5-8-12-25/h5-21H,4,22H2,1-3H3/b31-20-,34-33?. The first-order valence-corrected chi connectivity index (χ1v) is 13.9. The number of hydrogen-bond acceptors (Lipinski definition) is 7. The predicted molar refractivity (Wildman–Crippen MR) is 165 cm³/mol. The molecular weight excluding hydrogens is 536 g/mol. The summed E-state index contributed by atoms with van der Waals surface area (Å²) in [5.41, 5.74) is 3.19. The summed E-state index contributed by atoms with van der Waals surface area (Å²) in [5, 5.41) is 0.593. The highest BCUT2D eigenvalue weighted by atomic mass is 32.2. The van der Waals surface area contributed by atoms with E-state index >= 15 is 0 Å². The molecule has 4 aromatic carbocycles. The third-order valence-corrected chi connectivity index (χ3v) is 7.21. The third kappa shape index (κ3) is 6.56. The Bertz CT molecular complexity index is 1570. The van der Waals surface area contributed by atoms with E-state index in [1.54, 1.807) is 19.1 Å². The Kier molecular flexibility index (Phi) is 8.91. The molecule has 0 radical (unpaired) electrons. The number of carbonyl (C=O) groups is 1. The molecule has 8 heteroatoms. The minimum absolute atomic E-state index is 0.140. The molecule has 4 aromatic rings. The van der Waals surface area contributed by atoms with Crippen LogP contribution in [-0.2, 0) is 11.4 Å². The monoisotopic (exact) mass is 566 g/mol. The number of thioether (sulfide) groups is 1. The summed E-state index contributed by atoms with van der Waals surface area (Å²) in [5.74, 6) is 2.45. The highest BCUT2D eigenvalue weighted by Crippen LogP contribution is 2.38. The first kappa shape index (κ1) is 27.9. The van der Waals surface area contributed by atoms with Gasteiger partial charge in [-0.3, -0.25) is 9.69 Å². The molecule has 0 unspecified atom stereocenters. The number of benzene rings is 4. The van der Waals surface area contributed by atoms with Crippen LogP contribution in [0.2, 0.25) is 0 Å². The number of para-hydroxylation sites is 2. The largest absolute Gasteiger partial charge is 0.497 e. The lowest BCUT2D eigenvalue weighted by atomic mass is 10.1. The lowest BCUT2D eigenvalue weighted by Crippen LogP contribution is -2.28. The zero-order valence-electron chi connectivity index (χ0n) is 23.1. The topological polar surface area (TPSA) is 69.6 Å². The van der Waals surface area contributed by atoms with E-state index in [1.165, 1.54) is 11.8 Å². The van der Waals surface area contributed by atoms with Crippen LogP contribution in [-0.4, -0.2) is 31.9 Å². The van der Waals surface area contributed by atoms with Gasteiger partial charge >= 0.3 is 0 Å². The number of nitrogens with zero attached hydrogens (tertiary/aromatic N) is 2. The molecule has 5 rings (SSSR count). The Balaban J connectivity index is 1.43. The van der Waals surface area contributed by atoms with Gasteiger partial charge in [0.05, 0.1) is 37.1 Å². The van der Waals surface area contributed by atoms with Gasteiger partial charge in [0.2, 0.25) is 0 Å². The lowest BCUT2D eigenvalue weighted by Gasteiger charge is -2.15. The molecule has 0 atom stereocenters. The number of rotatable bonds is 10. The van der Waals surface area contributed by atoms with Crippen LogP contribution < -0.4 is 23.8 Å². The van der Waals surface area contributed by atoms with Crippen molar-refractivity contribution < 1.29 is 23.7 Å². The lowest BCUT2D eigenvalue weighted by molar-refractivity contribution is -0.113. The number of ether oxygens (including phenoxy) is 4. The Morgan fingerprint density at radius 1 is 0.805 bits per heavy atom. The van der Waals surface area contributed by atoms with Crippen molar-refractivity contribution in [3.8, 4) is 23.0 Å². The van der Waals surface area contributed by atoms with Gasteiger partial charge in [0.25, 0.3) is 5.91 Å². The van der Waals surface area contributed by atoms with Crippen molar-refractivity contribution in [3.63, 3.8) is 0 Å². The highest BCUT2D eigenvalue weighted by Gasteiger charge is 2.34. The first-order chi connectivity index (χ1) is 20.1. The molecule has 41 heavy (non-hydrogen) atoms. The molecule has 0 bridgehead atoms. The van der Waals surface area contributed by atoms with Crippen LogP contribution in [0.4, 0.5) is 11.4 Å². The van der Waals surface area contributed by atoms with Gasteiger partial charge in [-0.2, -0.15) is 0 Å². The van der Waals surface area contributed by atoms with E-state index in [-0.39, 0.29) is 12.5 Å². The number of amides is 1. The van der Waals surface area contributed by atoms with Crippen molar-refractivity contribution in [3.05, 3.63) is 113 Å². The van der Waals surface area contributed by atoms with Gasteiger partial charge < -0.3 is 18.9 Å². The minimum atomic E-state index is -0.140. The van der Waals surface area contributed by atoms with Crippen LogP contribution in [0.3, 0.4) is 0 Å². The van der Waals surface area contributed by atoms with Crippen LogP contribution >= 0.6 is 11.8 Å². The van der Waals surface area contributed by atoms with E-state index in [4.69, 9.17) is 23.9 Å². The fraction of sp³-hybridized carbons (Fsp3) is 0.152. The van der Waals surface area contributed by atoms with Crippen molar-refractivity contribution in [2.24, 2.45) is 4.99 Å². The maximum Gasteiger partial charge on any atom is 0.271 e. The van der Waals surface area contributed by atoms with E-state index < -0.39 is 0 Å². The summed E-state index contributed by atoms with van der Waals surface area (Å²) in [6, 6.07) is 30.4. The summed E-state index contributed by atoms with van der Waals surface area (Å²) in [6.45, 7) is 2.64. The summed E-state index contributed by atoms with van der Waals surface area (Å²) in [7, 11) is 3.24. The Hall–Kier alpha value is -4.69. The van der Waals surface area contributed by atoms with E-state index in [0.717, 1.165) is 28.3 Å². The van der Waals surface area contributed by atoms with Gasteiger partial charge in [-0.25, -0.2) is 4.99 Å². The Morgan fingerprint density at radius 2 is 1.54 bits per heavy atom. The summed E-state index contributed by atoms with van der Waals surface area (Å²) >= 11 is 1.34. The molecule has 0 spiro atoms. The highest BCUT2D eigenvalue weighted by molar-refractivity contribution is 8.19. The Labute approximate surface area is 244 Å². The molecule has 0 aromatic heterocycles. The fourth-order valence-corrected chi connectivity index (χ4v) is 5.27. The zero-order chi connectivity index (χ0) is 28.6. The van der Waals surface area contributed by atoms with Gasteiger partial charge in [0.1, 0.15) is 18.1 Å². The molecular formula is C33H30N2O5S. The Morgan fingerprint density at radius 3 is 2.24 bits per heavy atom. The molecule has 7 nitrogen and oxygen atoms in total. The summed E-state index contributed by atoms with van der Waals surface area (Å²) in [4.78, 5) is 20.6. The maximum atomic E-state index is 13.6. The smallest absolute Gasteiger partial charge is 0.271 e. The summed E-state index contributed by atoms with van der Waals surface area (Å²) in [6.07, 6.45) is 1.86. The van der Waals surface area contributed by atoms with Crippen LogP contribution in [0.1, 0.15) is 18.1 Å². The second kappa shape index (κ2) is 13.1. The van der Waals surface area contributed by atoms with Gasteiger partial charge in [-0.1, -0.05) is 42.5 Å². The molecule has 1 fully saturated rings. The summed E-state index contributed by atoms with van der Waals surface area (Å²) < 4.78 is 22.9. The molecule has 208 valence electrons. The number of aliphatic imine (C=N–C) groups is 1. The van der Waals surface area contributed by atoms with E-state index in [9.17, 15) is 4.79 Å². The second-order valence-electron chi connectivity index (χ2n) is 8.92. The average Bonchev–Trinajstić information content (AvgIpc) is 3.31. The van der Waals surface area contributed by atoms with Crippen molar-refractivity contribution in [2.45, 2.75) is 13.5 Å². The third-order valence-electron chi connectivity index (χ3n) is 6.24. The number of methoxy groups -OCH3 is 2. The normalized spacial score (nSPS) is 14.9. The molecule has 1 amide bonds. The second-order valence-corrected chi connectivity index (χ2v) is 9.93. The van der Waals surface area contributed by atoms with Crippen LogP contribution in [0.5, 0.6) is 23.0 Å². The van der Waals surface area contributed by atoms with E-state index in [0.29, 0.717) is 33.9 Å². The van der Waals surface area contributed by atoms with Crippen LogP contribution in [0.25, 0.3) is 6.08 Å². The number of carbonyl (C=O) groups excluding carboxylic acids is 1. The average molecular weight is 567 g/mol. The SMILES string of the molecule is CCOc1cc(/C=C2\SC(=Nc3ccccc3)N(c3ccccc3)C2=O)ccc1OCc1cc(OC)ccc1OC. The van der Waals surface area contributed by atoms with Crippen LogP contribution in [0.15, 0.2) is 107 Å². The molecule has 1 saturated heterocycles. The van der Waals surface area contributed by atoms with Gasteiger partial charge in [-0.15, -0.1) is 0 Å². The first-order valence-electron chi connectivity index (χ1n) is 13.1. The molecule has 0 saturated carbocycles. The molecule has 1 aliphatic rings. The van der Waals surface area contributed by atoms with Crippen molar-refractivity contribution >= 4 is 40.3 Å². The van der Waals surface area contributed by atoms with Gasteiger partial charge in [0, 0.05) is 5.56 Å². The quantitative estimate of drug-likeness (QED) is 0.185. The van der Waals surface area contributed by atoms with Crippen molar-refractivity contribution in [2.75, 3.05) is 25.7 Å². The molecule has 1 aliphatic heterocycles. The van der Waals surface area contributed by atoms with E-state index in [1.807, 2.05) is 110 Å². The molecule has 0 aliphatic carbocycles.